The molecule has 4 heteroatoms. The second-order valence-electron chi connectivity index (χ2n) is 4.40. The first kappa shape index (κ1) is 13.0. The molecule has 3 N–H and O–H groups in total. The summed E-state index contributed by atoms with van der Waals surface area (Å²) in [6.45, 7) is 0.518. The largest absolute Gasteiger partial charge is 0.399 e. The fourth-order valence-electron chi connectivity index (χ4n) is 1.78. The molecule has 98 valence electrons. The normalized spacial score (nSPS) is 9.95. The van der Waals surface area contributed by atoms with Gasteiger partial charge in [-0.05, 0) is 29.8 Å². The van der Waals surface area contributed by atoms with Crippen LogP contribution in [0.25, 0.3) is 0 Å². The summed E-state index contributed by atoms with van der Waals surface area (Å²) in [5, 5.41) is 2.83. The number of rotatable bonds is 3. The molecule has 0 fully saturated rings. The van der Waals surface area contributed by atoms with E-state index in [0.29, 0.717) is 12.2 Å². The van der Waals surface area contributed by atoms with Crippen molar-refractivity contribution in [2.45, 2.75) is 6.54 Å². The number of amides is 2. The first-order valence-corrected chi connectivity index (χ1v) is 6.07. The van der Waals surface area contributed by atoms with E-state index in [0.717, 1.165) is 11.3 Å². The molecule has 0 bridgehead atoms. The summed E-state index contributed by atoms with van der Waals surface area (Å²) in [7, 11) is 1.75. The first-order valence-electron chi connectivity index (χ1n) is 6.07. The predicted octanol–water partition coefficient (Wildman–Crippen LogP) is 2.93. The van der Waals surface area contributed by atoms with Crippen molar-refractivity contribution in [3.8, 4) is 0 Å². The summed E-state index contributed by atoms with van der Waals surface area (Å²) in [5.41, 5.74) is 8.21. The topological polar surface area (TPSA) is 58.4 Å². The number of carbonyl (C=O) groups is 1. The third-order valence-electron chi connectivity index (χ3n) is 2.74. The van der Waals surface area contributed by atoms with Crippen molar-refractivity contribution in [3.63, 3.8) is 0 Å². The van der Waals surface area contributed by atoms with Crippen LogP contribution >= 0.6 is 0 Å². The lowest BCUT2D eigenvalue weighted by Crippen LogP contribution is -2.30. The number of benzene rings is 2. The Morgan fingerprint density at radius 3 is 2.58 bits per heavy atom. The van der Waals surface area contributed by atoms with Crippen LogP contribution in [0.15, 0.2) is 54.6 Å². The van der Waals surface area contributed by atoms with E-state index in [1.807, 2.05) is 54.6 Å². The molecule has 0 atom stereocenters. The monoisotopic (exact) mass is 255 g/mol. The Morgan fingerprint density at radius 1 is 1.16 bits per heavy atom. The van der Waals surface area contributed by atoms with Crippen LogP contribution in [0.3, 0.4) is 0 Å². The third kappa shape index (κ3) is 3.74. The molecule has 0 aliphatic carbocycles. The minimum Gasteiger partial charge on any atom is -0.399 e. The summed E-state index contributed by atoms with van der Waals surface area (Å²) < 4.78 is 0. The van der Waals surface area contributed by atoms with Crippen molar-refractivity contribution in [1.82, 2.24) is 4.90 Å². The second kappa shape index (κ2) is 5.91. The predicted molar refractivity (Wildman–Crippen MR) is 77.8 cm³/mol. The van der Waals surface area contributed by atoms with Crippen LogP contribution in [0.4, 0.5) is 16.2 Å². The van der Waals surface area contributed by atoms with Gasteiger partial charge in [-0.25, -0.2) is 4.79 Å². The number of urea groups is 1. The van der Waals surface area contributed by atoms with Gasteiger partial charge >= 0.3 is 6.03 Å². The number of para-hydroxylation sites is 1. The lowest BCUT2D eigenvalue weighted by molar-refractivity contribution is 0.220. The van der Waals surface area contributed by atoms with Crippen molar-refractivity contribution >= 4 is 17.4 Å². The highest BCUT2D eigenvalue weighted by atomic mass is 16.2. The average Bonchev–Trinajstić information content (AvgIpc) is 2.40. The average molecular weight is 255 g/mol. The molecular weight excluding hydrogens is 238 g/mol. The van der Waals surface area contributed by atoms with Gasteiger partial charge in [-0.15, -0.1) is 0 Å². The van der Waals surface area contributed by atoms with Gasteiger partial charge in [0.25, 0.3) is 0 Å². The Balaban J connectivity index is 1.96. The van der Waals surface area contributed by atoms with Gasteiger partial charge in [0.05, 0.1) is 0 Å². The summed E-state index contributed by atoms with van der Waals surface area (Å²) in [6.07, 6.45) is 0. The zero-order valence-corrected chi connectivity index (χ0v) is 10.8. The van der Waals surface area contributed by atoms with Crippen molar-refractivity contribution in [2.75, 3.05) is 18.1 Å². The maximum atomic E-state index is 12.0. The zero-order valence-electron chi connectivity index (χ0n) is 10.8. The molecule has 2 amide bonds. The number of hydrogen-bond donors (Lipinski definition) is 2. The molecule has 19 heavy (non-hydrogen) atoms. The van der Waals surface area contributed by atoms with Gasteiger partial charge in [-0.2, -0.15) is 0 Å². The van der Waals surface area contributed by atoms with Gasteiger partial charge in [0.15, 0.2) is 0 Å². The van der Waals surface area contributed by atoms with Crippen molar-refractivity contribution in [3.05, 3.63) is 60.2 Å². The number of hydrogen-bond acceptors (Lipinski definition) is 2. The van der Waals surface area contributed by atoms with Gasteiger partial charge in [0.2, 0.25) is 0 Å². The van der Waals surface area contributed by atoms with Crippen molar-refractivity contribution in [1.29, 1.82) is 0 Å². The van der Waals surface area contributed by atoms with Gasteiger partial charge in [0.1, 0.15) is 0 Å². The number of carbonyl (C=O) groups excluding carboxylic acids is 1. The SMILES string of the molecule is CN(Cc1cccc(N)c1)C(=O)Nc1ccccc1. The van der Waals surface area contributed by atoms with E-state index in [2.05, 4.69) is 5.32 Å². The highest BCUT2D eigenvalue weighted by molar-refractivity contribution is 5.89. The van der Waals surface area contributed by atoms with E-state index in [9.17, 15) is 4.79 Å². The Kier molecular flexibility index (Phi) is 4.03. The molecule has 4 nitrogen and oxygen atoms in total. The molecule has 0 unspecified atom stereocenters. The number of nitrogens with one attached hydrogen (secondary N) is 1. The number of anilines is 2. The third-order valence-corrected chi connectivity index (χ3v) is 2.74. The summed E-state index contributed by atoms with van der Waals surface area (Å²) in [6, 6.07) is 16.8. The molecule has 0 aliphatic rings. The number of nitrogens with two attached hydrogens (primary N) is 1. The molecule has 0 aliphatic heterocycles. The fraction of sp³-hybridized carbons (Fsp3) is 0.133. The van der Waals surface area contributed by atoms with Gasteiger partial charge < -0.3 is 16.0 Å². The maximum absolute atomic E-state index is 12.0. The van der Waals surface area contributed by atoms with E-state index in [4.69, 9.17) is 5.73 Å². The molecule has 2 rings (SSSR count). The maximum Gasteiger partial charge on any atom is 0.321 e. The van der Waals surface area contributed by atoms with Crippen LogP contribution in [0.2, 0.25) is 0 Å². The Hall–Kier alpha value is -2.49. The van der Waals surface area contributed by atoms with Gasteiger partial charge in [-0.1, -0.05) is 30.3 Å². The lowest BCUT2D eigenvalue weighted by atomic mass is 10.2. The quantitative estimate of drug-likeness (QED) is 0.828. The molecule has 0 spiro atoms. The van der Waals surface area contributed by atoms with Crippen LogP contribution in [-0.4, -0.2) is 18.0 Å². The van der Waals surface area contributed by atoms with Crippen molar-refractivity contribution in [2.24, 2.45) is 0 Å². The van der Waals surface area contributed by atoms with E-state index in [-0.39, 0.29) is 6.03 Å². The first-order chi connectivity index (χ1) is 9.15. The molecule has 0 radical (unpaired) electrons. The summed E-state index contributed by atoms with van der Waals surface area (Å²) >= 11 is 0. The Bertz CT molecular complexity index is 554. The molecular formula is C15H17N3O. The van der Waals surface area contributed by atoms with Crippen LogP contribution in [-0.2, 0) is 6.54 Å². The number of nitrogens with zero attached hydrogens (tertiary/aromatic N) is 1. The number of nitrogen functional groups attached to an aromatic ring is 1. The van der Waals surface area contributed by atoms with Crippen LogP contribution in [0.1, 0.15) is 5.56 Å². The fourth-order valence-corrected chi connectivity index (χ4v) is 1.78. The Morgan fingerprint density at radius 2 is 1.89 bits per heavy atom. The van der Waals surface area contributed by atoms with Crippen molar-refractivity contribution < 1.29 is 4.79 Å². The molecule has 0 heterocycles. The molecule has 2 aromatic rings. The van der Waals surface area contributed by atoms with E-state index < -0.39 is 0 Å². The zero-order chi connectivity index (χ0) is 13.7. The molecule has 2 aromatic carbocycles. The van der Waals surface area contributed by atoms with E-state index in [1.165, 1.54) is 0 Å². The minimum atomic E-state index is -0.145. The summed E-state index contributed by atoms with van der Waals surface area (Å²) in [4.78, 5) is 13.6. The van der Waals surface area contributed by atoms with E-state index in [1.54, 1.807) is 11.9 Å². The molecule has 0 aromatic heterocycles. The molecule has 0 saturated heterocycles. The van der Waals surface area contributed by atoms with E-state index >= 15 is 0 Å². The standard InChI is InChI=1S/C15H17N3O/c1-18(11-12-6-5-7-13(16)10-12)15(19)17-14-8-3-2-4-9-14/h2-10H,11,16H2,1H3,(H,17,19). The van der Waals surface area contributed by atoms with Crippen LogP contribution in [0, 0.1) is 0 Å². The minimum absolute atomic E-state index is 0.145. The second-order valence-corrected chi connectivity index (χ2v) is 4.40. The highest BCUT2D eigenvalue weighted by Crippen LogP contribution is 2.10. The van der Waals surface area contributed by atoms with Gasteiger partial charge in [0, 0.05) is 25.0 Å². The lowest BCUT2D eigenvalue weighted by Gasteiger charge is -2.18. The molecule has 0 saturated carbocycles. The summed E-state index contributed by atoms with van der Waals surface area (Å²) in [5.74, 6) is 0. The Labute approximate surface area is 112 Å². The smallest absolute Gasteiger partial charge is 0.321 e. The highest BCUT2D eigenvalue weighted by Gasteiger charge is 2.09. The van der Waals surface area contributed by atoms with Crippen LogP contribution in [0.5, 0.6) is 0 Å². The van der Waals surface area contributed by atoms with Gasteiger partial charge in [-0.3, -0.25) is 0 Å². The van der Waals surface area contributed by atoms with Crippen LogP contribution < -0.4 is 11.1 Å².